The normalized spacial score (nSPS) is 12.4. The molecule has 0 spiro atoms. The van der Waals surface area contributed by atoms with E-state index in [0.717, 1.165) is 35.4 Å². The molecule has 1 aliphatic carbocycles. The topological polar surface area (TPSA) is 73.3 Å². The van der Waals surface area contributed by atoms with Crippen LogP contribution in [0.4, 0.5) is 5.69 Å². The highest BCUT2D eigenvalue weighted by atomic mass is 79.9. The molecule has 0 saturated heterocycles. The third-order valence-corrected chi connectivity index (χ3v) is 3.69. The van der Waals surface area contributed by atoms with Gasteiger partial charge in [-0.15, -0.1) is 17.0 Å². The van der Waals surface area contributed by atoms with Crippen molar-refractivity contribution in [3.63, 3.8) is 0 Å². The van der Waals surface area contributed by atoms with Crippen LogP contribution in [0.25, 0.3) is 17.0 Å². The van der Waals surface area contributed by atoms with Crippen molar-refractivity contribution in [1.82, 2.24) is 14.4 Å². The Morgan fingerprint density at radius 2 is 2.14 bits per heavy atom. The van der Waals surface area contributed by atoms with Crippen LogP contribution in [0.5, 0.6) is 0 Å². The number of hydrogen-bond acceptors (Lipinski definition) is 4. The summed E-state index contributed by atoms with van der Waals surface area (Å²) in [7, 11) is 0. The van der Waals surface area contributed by atoms with Crippen LogP contribution in [0.3, 0.4) is 0 Å². The van der Waals surface area contributed by atoms with E-state index in [0.29, 0.717) is 5.78 Å². The molecule has 0 bridgehead atoms. The van der Waals surface area contributed by atoms with Crippen LogP contribution in [-0.2, 0) is 12.8 Å². The minimum absolute atomic E-state index is 0. The van der Waals surface area contributed by atoms with Gasteiger partial charge in [0.05, 0.1) is 16.3 Å². The summed E-state index contributed by atoms with van der Waals surface area (Å²) in [5.74, 6) is 0.636. The number of nitrogens with zero attached hydrogens (tertiary/aromatic N) is 4. The van der Waals surface area contributed by atoms with Crippen molar-refractivity contribution in [1.29, 1.82) is 0 Å². The van der Waals surface area contributed by atoms with Crippen LogP contribution < -0.4 is 0 Å². The summed E-state index contributed by atoms with van der Waals surface area (Å²) < 4.78 is 1.96. The monoisotopic (exact) mass is 346 g/mol. The Morgan fingerprint density at radius 1 is 1.29 bits per heavy atom. The first-order chi connectivity index (χ1) is 9.74. The van der Waals surface area contributed by atoms with Gasteiger partial charge in [-0.1, -0.05) is 6.07 Å². The second-order valence-electron chi connectivity index (χ2n) is 4.80. The molecule has 0 N–H and O–H groups in total. The lowest BCUT2D eigenvalue weighted by Crippen LogP contribution is -2.06. The van der Waals surface area contributed by atoms with Crippen LogP contribution >= 0.6 is 17.0 Å². The van der Waals surface area contributed by atoms with Crippen molar-refractivity contribution < 1.29 is 4.92 Å². The van der Waals surface area contributed by atoms with Gasteiger partial charge in [-0.2, -0.15) is 0 Å². The number of rotatable bonds is 1. The van der Waals surface area contributed by atoms with Gasteiger partial charge < -0.3 is 0 Å². The van der Waals surface area contributed by atoms with E-state index in [1.807, 2.05) is 22.7 Å². The van der Waals surface area contributed by atoms with E-state index >= 15 is 0 Å². The average Bonchev–Trinajstić information content (AvgIpc) is 2.85. The van der Waals surface area contributed by atoms with Crippen LogP contribution in [0, 0.1) is 10.1 Å². The fraction of sp³-hybridized carbons (Fsp3) is 0.143. The fourth-order valence-corrected chi connectivity index (χ4v) is 2.76. The molecule has 0 aliphatic heterocycles. The molecular formula is C14H11BrN4O2. The maximum atomic E-state index is 10.9. The number of nitro groups is 1. The molecule has 0 saturated carbocycles. The molecule has 0 atom stereocenters. The second-order valence-corrected chi connectivity index (χ2v) is 4.80. The Bertz CT molecular complexity index is 859. The summed E-state index contributed by atoms with van der Waals surface area (Å²) in [4.78, 5) is 19.3. The fourth-order valence-electron chi connectivity index (χ4n) is 2.76. The van der Waals surface area contributed by atoms with Gasteiger partial charge in [-0.3, -0.25) is 14.5 Å². The minimum Gasteiger partial charge on any atom is -0.287 e. The molecule has 7 heteroatoms. The molecule has 1 aliphatic rings. The Kier molecular flexibility index (Phi) is 3.21. The zero-order valence-corrected chi connectivity index (χ0v) is 12.6. The van der Waals surface area contributed by atoms with Gasteiger partial charge in [0.1, 0.15) is 0 Å². The Labute approximate surface area is 130 Å². The lowest BCUT2D eigenvalue weighted by Gasteiger charge is -2.15. The third kappa shape index (κ3) is 2.01. The Hall–Kier alpha value is -2.28. The molecule has 2 heterocycles. The molecular weight excluding hydrogens is 336 g/mol. The van der Waals surface area contributed by atoms with Crippen molar-refractivity contribution >= 4 is 28.4 Å². The summed E-state index contributed by atoms with van der Waals surface area (Å²) in [5, 5.41) is 10.9. The molecule has 4 rings (SSSR count). The highest BCUT2D eigenvalue weighted by Gasteiger charge is 2.23. The SMILES string of the molecule is Br.O=[N+]([O-])c1ccc2c(c1)-c1nc3ncccn3c1CC2. The summed E-state index contributed by atoms with van der Waals surface area (Å²) in [6.07, 6.45) is 5.36. The summed E-state index contributed by atoms with van der Waals surface area (Å²) >= 11 is 0. The van der Waals surface area contributed by atoms with Crippen LogP contribution in [0.2, 0.25) is 0 Å². The maximum absolute atomic E-state index is 10.9. The highest BCUT2D eigenvalue weighted by molar-refractivity contribution is 8.93. The van der Waals surface area contributed by atoms with Crippen molar-refractivity contribution in [2.75, 3.05) is 0 Å². The van der Waals surface area contributed by atoms with E-state index in [1.165, 1.54) is 0 Å². The average molecular weight is 347 g/mol. The first-order valence-corrected chi connectivity index (χ1v) is 6.33. The molecule has 1 aromatic carbocycles. The predicted molar refractivity (Wildman–Crippen MR) is 82.8 cm³/mol. The van der Waals surface area contributed by atoms with Gasteiger partial charge in [0.2, 0.25) is 5.78 Å². The van der Waals surface area contributed by atoms with Crippen LogP contribution in [-0.4, -0.2) is 19.3 Å². The third-order valence-electron chi connectivity index (χ3n) is 3.69. The predicted octanol–water partition coefficient (Wildman–Crippen LogP) is 2.98. The number of halogens is 1. The van der Waals surface area contributed by atoms with E-state index < -0.39 is 0 Å². The molecule has 0 unspecified atom stereocenters. The first-order valence-electron chi connectivity index (χ1n) is 6.33. The Balaban J connectivity index is 0.00000132. The highest BCUT2D eigenvalue weighted by Crippen LogP contribution is 2.35. The van der Waals surface area contributed by atoms with Gasteiger partial charge >= 0.3 is 0 Å². The largest absolute Gasteiger partial charge is 0.287 e. The van der Waals surface area contributed by atoms with Crippen LogP contribution in [0.15, 0.2) is 36.7 Å². The van der Waals surface area contributed by atoms with E-state index in [9.17, 15) is 10.1 Å². The molecule has 3 aromatic rings. The maximum Gasteiger partial charge on any atom is 0.270 e. The lowest BCUT2D eigenvalue weighted by atomic mass is 9.92. The number of nitro benzene ring substituents is 1. The number of benzene rings is 1. The van der Waals surface area contributed by atoms with Gasteiger partial charge in [0, 0.05) is 30.1 Å². The van der Waals surface area contributed by atoms with E-state index in [2.05, 4.69) is 9.97 Å². The summed E-state index contributed by atoms with van der Waals surface area (Å²) in [6, 6.07) is 6.85. The van der Waals surface area contributed by atoms with E-state index in [4.69, 9.17) is 0 Å². The second kappa shape index (κ2) is 4.92. The molecule has 21 heavy (non-hydrogen) atoms. The number of imidazole rings is 1. The summed E-state index contributed by atoms with van der Waals surface area (Å²) in [5.41, 5.74) is 3.94. The van der Waals surface area contributed by atoms with Gasteiger partial charge in [0.25, 0.3) is 5.69 Å². The van der Waals surface area contributed by atoms with Gasteiger partial charge in [0.15, 0.2) is 0 Å². The van der Waals surface area contributed by atoms with Crippen molar-refractivity contribution in [3.8, 4) is 11.3 Å². The smallest absolute Gasteiger partial charge is 0.270 e. The standard InChI is InChI=1S/C14H10N4O2.BrH/c19-18(20)10-4-2-9-3-5-12-13(11(9)8-10)16-14-15-6-1-7-17(12)14;/h1-2,4,6-8H,3,5H2;1H. The van der Waals surface area contributed by atoms with Crippen molar-refractivity contribution in [2.45, 2.75) is 12.8 Å². The van der Waals surface area contributed by atoms with Gasteiger partial charge in [-0.05, 0) is 24.5 Å². The number of non-ortho nitro benzene ring substituents is 1. The number of hydrogen-bond donors (Lipinski definition) is 0. The van der Waals surface area contributed by atoms with Crippen LogP contribution in [0.1, 0.15) is 11.3 Å². The molecule has 0 amide bonds. The number of fused-ring (bicyclic) bond motifs is 5. The summed E-state index contributed by atoms with van der Waals surface area (Å²) in [6.45, 7) is 0. The molecule has 0 radical (unpaired) electrons. The van der Waals surface area contributed by atoms with Crippen molar-refractivity contribution in [3.05, 3.63) is 58.0 Å². The molecule has 6 nitrogen and oxygen atoms in total. The van der Waals surface area contributed by atoms with E-state index in [1.54, 1.807) is 18.3 Å². The quantitative estimate of drug-likeness (QED) is 0.501. The zero-order valence-electron chi connectivity index (χ0n) is 10.9. The van der Waals surface area contributed by atoms with Gasteiger partial charge in [-0.25, -0.2) is 9.97 Å². The zero-order chi connectivity index (χ0) is 13.7. The lowest BCUT2D eigenvalue weighted by molar-refractivity contribution is -0.384. The van der Waals surface area contributed by atoms with E-state index in [-0.39, 0.29) is 27.6 Å². The van der Waals surface area contributed by atoms with Crippen molar-refractivity contribution in [2.24, 2.45) is 0 Å². The number of aryl methyl sites for hydroxylation is 2. The molecule has 106 valence electrons. The molecule has 0 fully saturated rings. The Morgan fingerprint density at radius 3 is 2.95 bits per heavy atom. The first kappa shape index (κ1) is 13.7. The molecule has 2 aromatic heterocycles. The number of aromatic nitrogens is 3. The minimum atomic E-state index is -0.372.